The summed E-state index contributed by atoms with van der Waals surface area (Å²) < 4.78 is 31.1. The highest BCUT2D eigenvalue weighted by Gasteiger charge is 2.25. The van der Waals surface area contributed by atoms with E-state index in [9.17, 15) is 13.2 Å². The molecule has 1 aliphatic heterocycles. The van der Waals surface area contributed by atoms with Crippen molar-refractivity contribution in [2.45, 2.75) is 11.3 Å². The topological polar surface area (TPSA) is 89.7 Å². The molecule has 7 heteroatoms. The van der Waals surface area contributed by atoms with Crippen LogP contribution in [0.3, 0.4) is 0 Å². The second-order valence-corrected chi connectivity index (χ2v) is 6.24. The van der Waals surface area contributed by atoms with Gasteiger partial charge in [0.05, 0.1) is 24.5 Å². The molecule has 1 amide bonds. The fourth-order valence-corrected chi connectivity index (χ4v) is 3.32. The van der Waals surface area contributed by atoms with Crippen LogP contribution in [0.25, 0.3) is 0 Å². The molecule has 0 bridgehead atoms. The first kappa shape index (κ1) is 14.0. The zero-order chi connectivity index (χ0) is 13.9. The minimum absolute atomic E-state index is 0.109. The van der Waals surface area contributed by atoms with Gasteiger partial charge in [-0.05, 0) is 17.7 Å². The molecule has 2 N–H and O–H groups in total. The second kappa shape index (κ2) is 5.68. The number of sulfonamides is 1. The Bertz CT molecular complexity index is 548. The van der Waals surface area contributed by atoms with Gasteiger partial charge in [0.15, 0.2) is 0 Å². The number of amides is 1. The maximum Gasteiger partial charge on any atom is 0.243 e. The minimum atomic E-state index is -3.47. The highest BCUT2D eigenvalue weighted by atomic mass is 32.2. The summed E-state index contributed by atoms with van der Waals surface area (Å²) in [6.45, 7) is 1.56. The summed E-state index contributed by atoms with van der Waals surface area (Å²) in [5.74, 6) is -0.441. The lowest BCUT2D eigenvalue weighted by Gasteiger charge is -2.26. The smallest absolute Gasteiger partial charge is 0.243 e. The van der Waals surface area contributed by atoms with Crippen LogP contribution in [-0.4, -0.2) is 44.9 Å². The summed E-state index contributed by atoms with van der Waals surface area (Å²) in [6.07, 6.45) is 0.109. The molecule has 0 aromatic heterocycles. The van der Waals surface area contributed by atoms with E-state index in [1.807, 2.05) is 0 Å². The van der Waals surface area contributed by atoms with E-state index in [-0.39, 0.29) is 11.3 Å². The third-order valence-corrected chi connectivity index (χ3v) is 4.82. The molecule has 2 rings (SSSR count). The fourth-order valence-electron chi connectivity index (χ4n) is 1.92. The Morgan fingerprint density at radius 3 is 2.32 bits per heavy atom. The van der Waals surface area contributed by atoms with Crippen LogP contribution in [0.4, 0.5) is 0 Å². The molecule has 6 nitrogen and oxygen atoms in total. The van der Waals surface area contributed by atoms with Crippen LogP contribution >= 0.6 is 0 Å². The van der Waals surface area contributed by atoms with Crippen molar-refractivity contribution in [3.05, 3.63) is 29.8 Å². The summed E-state index contributed by atoms with van der Waals surface area (Å²) >= 11 is 0. The Morgan fingerprint density at radius 1 is 1.21 bits per heavy atom. The summed E-state index contributed by atoms with van der Waals surface area (Å²) in [4.78, 5) is 11.0. The molecular weight excluding hydrogens is 268 g/mol. The molecule has 1 heterocycles. The van der Waals surface area contributed by atoms with Gasteiger partial charge in [-0.1, -0.05) is 12.1 Å². The molecule has 0 atom stereocenters. The van der Waals surface area contributed by atoms with E-state index in [1.165, 1.54) is 16.4 Å². The quantitative estimate of drug-likeness (QED) is 0.824. The monoisotopic (exact) mass is 284 g/mol. The first-order valence-electron chi connectivity index (χ1n) is 5.95. The molecular formula is C12H16N2O4S. The van der Waals surface area contributed by atoms with E-state index in [4.69, 9.17) is 10.5 Å². The van der Waals surface area contributed by atoms with Crippen LogP contribution in [-0.2, 0) is 26.0 Å². The first-order chi connectivity index (χ1) is 9.00. The number of benzene rings is 1. The van der Waals surface area contributed by atoms with Gasteiger partial charge in [-0.25, -0.2) is 8.42 Å². The summed E-state index contributed by atoms with van der Waals surface area (Å²) in [5.41, 5.74) is 5.79. The zero-order valence-electron chi connectivity index (χ0n) is 10.4. The molecule has 0 saturated carbocycles. The highest BCUT2D eigenvalue weighted by molar-refractivity contribution is 7.89. The van der Waals surface area contributed by atoms with Crippen molar-refractivity contribution >= 4 is 15.9 Å². The molecule has 19 heavy (non-hydrogen) atoms. The number of primary amides is 1. The van der Waals surface area contributed by atoms with Crippen molar-refractivity contribution in [3.8, 4) is 0 Å². The summed E-state index contributed by atoms with van der Waals surface area (Å²) in [6, 6.07) is 6.22. The van der Waals surface area contributed by atoms with Gasteiger partial charge in [-0.2, -0.15) is 4.31 Å². The maximum absolute atomic E-state index is 12.3. The number of hydrogen-bond donors (Lipinski definition) is 1. The Labute approximate surface area is 112 Å². The van der Waals surface area contributed by atoms with Crippen LogP contribution in [0, 0.1) is 0 Å². The average molecular weight is 284 g/mol. The van der Waals surface area contributed by atoms with Gasteiger partial charge in [0.2, 0.25) is 15.9 Å². The maximum atomic E-state index is 12.3. The normalized spacial score (nSPS) is 17.3. The van der Waals surface area contributed by atoms with Gasteiger partial charge >= 0.3 is 0 Å². The van der Waals surface area contributed by atoms with Crippen LogP contribution < -0.4 is 5.73 Å². The van der Waals surface area contributed by atoms with Gasteiger partial charge < -0.3 is 10.5 Å². The van der Waals surface area contributed by atoms with Crippen LogP contribution in [0.15, 0.2) is 29.2 Å². The third-order valence-electron chi connectivity index (χ3n) is 2.91. The number of carbonyl (C=O) groups is 1. The van der Waals surface area contributed by atoms with E-state index in [2.05, 4.69) is 0 Å². The Kier molecular flexibility index (Phi) is 4.18. The number of nitrogens with zero attached hydrogens (tertiary/aromatic N) is 1. The Morgan fingerprint density at radius 2 is 1.79 bits per heavy atom. The fraction of sp³-hybridized carbons (Fsp3) is 0.417. The lowest BCUT2D eigenvalue weighted by atomic mass is 10.1. The SMILES string of the molecule is NC(=O)Cc1ccc(S(=O)(=O)N2CCOCC2)cc1. The zero-order valence-corrected chi connectivity index (χ0v) is 11.2. The van der Waals surface area contributed by atoms with Gasteiger partial charge in [-0.3, -0.25) is 4.79 Å². The van der Waals surface area contributed by atoms with Crippen LogP contribution in [0.2, 0.25) is 0 Å². The van der Waals surface area contributed by atoms with Crippen molar-refractivity contribution < 1.29 is 17.9 Å². The average Bonchev–Trinajstić information content (AvgIpc) is 2.40. The number of rotatable bonds is 4. The van der Waals surface area contributed by atoms with E-state index < -0.39 is 15.9 Å². The molecule has 0 spiro atoms. The highest BCUT2D eigenvalue weighted by Crippen LogP contribution is 2.17. The van der Waals surface area contributed by atoms with E-state index in [0.29, 0.717) is 31.9 Å². The predicted molar refractivity (Wildman–Crippen MR) is 68.9 cm³/mol. The second-order valence-electron chi connectivity index (χ2n) is 4.30. The Hall–Kier alpha value is -1.44. The number of morpholine rings is 1. The number of carbonyl (C=O) groups excluding carboxylic acids is 1. The van der Waals surface area contributed by atoms with Crippen LogP contribution in [0.1, 0.15) is 5.56 Å². The van der Waals surface area contributed by atoms with E-state index in [1.54, 1.807) is 12.1 Å². The lowest BCUT2D eigenvalue weighted by molar-refractivity contribution is -0.117. The van der Waals surface area contributed by atoms with Crippen molar-refractivity contribution in [2.75, 3.05) is 26.3 Å². The molecule has 104 valence electrons. The molecule has 1 saturated heterocycles. The molecule has 0 radical (unpaired) electrons. The molecule has 1 fully saturated rings. The van der Waals surface area contributed by atoms with Gasteiger partial charge in [0.25, 0.3) is 0 Å². The van der Waals surface area contributed by atoms with Gasteiger partial charge in [-0.15, -0.1) is 0 Å². The van der Waals surface area contributed by atoms with E-state index >= 15 is 0 Å². The molecule has 0 unspecified atom stereocenters. The van der Waals surface area contributed by atoms with Crippen molar-refractivity contribution in [1.82, 2.24) is 4.31 Å². The summed E-state index contributed by atoms with van der Waals surface area (Å²) in [5, 5.41) is 0. The molecule has 0 aliphatic carbocycles. The van der Waals surface area contributed by atoms with Crippen molar-refractivity contribution in [1.29, 1.82) is 0 Å². The first-order valence-corrected chi connectivity index (χ1v) is 7.39. The molecule has 1 aliphatic rings. The van der Waals surface area contributed by atoms with E-state index in [0.717, 1.165) is 0 Å². The lowest BCUT2D eigenvalue weighted by Crippen LogP contribution is -2.40. The molecule has 1 aromatic carbocycles. The minimum Gasteiger partial charge on any atom is -0.379 e. The van der Waals surface area contributed by atoms with Gasteiger partial charge in [0.1, 0.15) is 0 Å². The standard InChI is InChI=1S/C12H16N2O4S/c13-12(15)9-10-1-3-11(4-2-10)19(16,17)14-5-7-18-8-6-14/h1-4H,5-9H2,(H2,13,15). The molecule has 1 aromatic rings. The summed E-state index contributed by atoms with van der Waals surface area (Å²) in [7, 11) is -3.47. The van der Waals surface area contributed by atoms with Crippen molar-refractivity contribution in [3.63, 3.8) is 0 Å². The van der Waals surface area contributed by atoms with Crippen molar-refractivity contribution in [2.24, 2.45) is 5.73 Å². The largest absolute Gasteiger partial charge is 0.379 e. The number of ether oxygens (including phenoxy) is 1. The Balaban J connectivity index is 2.18. The van der Waals surface area contributed by atoms with Crippen LogP contribution in [0.5, 0.6) is 0 Å². The number of hydrogen-bond acceptors (Lipinski definition) is 4. The van der Waals surface area contributed by atoms with Gasteiger partial charge in [0, 0.05) is 13.1 Å². The third kappa shape index (κ3) is 3.31. The number of nitrogens with two attached hydrogens (primary N) is 1. The predicted octanol–water partition coefficient (Wildman–Crippen LogP) is -0.265.